The zero-order valence-corrected chi connectivity index (χ0v) is 16.9. The van der Waals surface area contributed by atoms with E-state index in [9.17, 15) is 9.59 Å². The number of amides is 1. The summed E-state index contributed by atoms with van der Waals surface area (Å²) < 4.78 is 3.00. The molecule has 0 aliphatic rings. The van der Waals surface area contributed by atoms with Crippen molar-refractivity contribution in [2.45, 2.75) is 32.9 Å². The first-order valence-corrected chi connectivity index (χ1v) is 9.88. The predicted octanol–water partition coefficient (Wildman–Crippen LogP) is 3.40. The van der Waals surface area contributed by atoms with Gasteiger partial charge in [0.25, 0.3) is 5.56 Å². The smallest absolute Gasteiger partial charge is 0.275 e. The molecule has 7 heteroatoms. The van der Waals surface area contributed by atoms with Crippen LogP contribution in [0.4, 0.5) is 5.69 Å². The zero-order chi connectivity index (χ0) is 21.1. The third kappa shape index (κ3) is 4.15. The van der Waals surface area contributed by atoms with Crippen LogP contribution in [0.25, 0.3) is 10.8 Å². The van der Waals surface area contributed by atoms with Crippen LogP contribution in [0, 0.1) is 0 Å². The largest absolute Gasteiger partial charge is 0.322 e. The summed E-state index contributed by atoms with van der Waals surface area (Å²) in [5, 5.41) is 12.9. The Kier molecular flexibility index (Phi) is 5.43. The van der Waals surface area contributed by atoms with Gasteiger partial charge in [-0.05, 0) is 25.5 Å². The second kappa shape index (κ2) is 8.32. The van der Waals surface area contributed by atoms with Gasteiger partial charge in [0.05, 0.1) is 23.0 Å². The molecule has 30 heavy (non-hydrogen) atoms. The average Bonchev–Trinajstić information content (AvgIpc) is 3.21. The van der Waals surface area contributed by atoms with Crippen molar-refractivity contribution in [2.75, 3.05) is 5.32 Å². The minimum atomic E-state index is -0.325. The number of nitrogens with zero attached hydrogens (tertiary/aromatic N) is 4. The molecule has 0 aliphatic carbocycles. The minimum absolute atomic E-state index is 0.168. The van der Waals surface area contributed by atoms with Gasteiger partial charge in [-0.15, -0.1) is 0 Å². The molecule has 0 spiro atoms. The van der Waals surface area contributed by atoms with Gasteiger partial charge in [0, 0.05) is 24.0 Å². The average molecular weight is 401 g/mol. The van der Waals surface area contributed by atoms with Crippen LogP contribution in [0.15, 0.2) is 71.8 Å². The van der Waals surface area contributed by atoms with Crippen molar-refractivity contribution < 1.29 is 4.79 Å². The molecule has 0 radical (unpaired) electrons. The van der Waals surface area contributed by atoms with E-state index in [1.807, 2.05) is 62.4 Å². The number of hydrogen-bond acceptors (Lipinski definition) is 4. The molecule has 2 heterocycles. The van der Waals surface area contributed by atoms with E-state index in [0.29, 0.717) is 17.5 Å². The number of aromatic nitrogens is 4. The van der Waals surface area contributed by atoms with Crippen LogP contribution in [0.2, 0.25) is 0 Å². The van der Waals surface area contributed by atoms with Gasteiger partial charge in [-0.1, -0.05) is 48.5 Å². The van der Waals surface area contributed by atoms with Gasteiger partial charge in [-0.2, -0.15) is 10.2 Å². The van der Waals surface area contributed by atoms with Crippen molar-refractivity contribution in [1.82, 2.24) is 19.6 Å². The molecule has 2 aromatic heterocycles. The van der Waals surface area contributed by atoms with E-state index < -0.39 is 0 Å². The number of anilines is 1. The van der Waals surface area contributed by atoms with Gasteiger partial charge in [-0.3, -0.25) is 14.3 Å². The maximum Gasteiger partial charge on any atom is 0.275 e. The van der Waals surface area contributed by atoms with Crippen molar-refractivity contribution in [2.24, 2.45) is 0 Å². The lowest BCUT2D eigenvalue weighted by Gasteiger charge is -2.11. The monoisotopic (exact) mass is 401 g/mol. The van der Waals surface area contributed by atoms with Gasteiger partial charge >= 0.3 is 0 Å². The molecule has 0 bridgehead atoms. The maximum atomic E-state index is 12.9. The fourth-order valence-electron chi connectivity index (χ4n) is 3.35. The van der Waals surface area contributed by atoms with Crippen LogP contribution in [0.3, 0.4) is 0 Å². The Morgan fingerprint density at radius 3 is 2.43 bits per heavy atom. The fourth-order valence-corrected chi connectivity index (χ4v) is 3.35. The van der Waals surface area contributed by atoms with E-state index in [1.165, 1.54) is 4.68 Å². The van der Waals surface area contributed by atoms with Gasteiger partial charge in [0.1, 0.15) is 6.54 Å². The molecule has 0 aliphatic heterocycles. The van der Waals surface area contributed by atoms with E-state index in [2.05, 4.69) is 15.5 Å². The van der Waals surface area contributed by atoms with Crippen LogP contribution < -0.4 is 10.9 Å². The van der Waals surface area contributed by atoms with Gasteiger partial charge in [0.15, 0.2) is 0 Å². The van der Waals surface area contributed by atoms with Crippen molar-refractivity contribution in [3.8, 4) is 0 Å². The number of hydrogen-bond donors (Lipinski definition) is 1. The normalized spacial score (nSPS) is 11.2. The molecule has 0 fully saturated rings. The Morgan fingerprint density at radius 1 is 1.03 bits per heavy atom. The van der Waals surface area contributed by atoms with Crippen molar-refractivity contribution >= 4 is 22.4 Å². The van der Waals surface area contributed by atoms with E-state index in [4.69, 9.17) is 0 Å². The summed E-state index contributed by atoms with van der Waals surface area (Å²) in [7, 11) is 0. The SMILES string of the molecule is CC(C)n1cc(NC(=O)Cn2nc(Cc3ccccc3)c3ccccc3c2=O)cn1. The number of rotatable bonds is 6. The molecule has 0 unspecified atom stereocenters. The van der Waals surface area contributed by atoms with Crippen molar-refractivity contribution in [1.29, 1.82) is 0 Å². The van der Waals surface area contributed by atoms with Gasteiger partial charge in [-0.25, -0.2) is 4.68 Å². The highest BCUT2D eigenvalue weighted by atomic mass is 16.2. The predicted molar refractivity (Wildman–Crippen MR) is 116 cm³/mol. The molecule has 0 saturated carbocycles. The summed E-state index contributed by atoms with van der Waals surface area (Å²) in [6.45, 7) is 3.84. The molecule has 0 atom stereocenters. The summed E-state index contributed by atoms with van der Waals surface area (Å²) in [6, 6.07) is 17.5. The summed E-state index contributed by atoms with van der Waals surface area (Å²) in [5.41, 5.74) is 2.16. The lowest BCUT2D eigenvalue weighted by molar-refractivity contribution is -0.117. The maximum absolute atomic E-state index is 12.9. The third-order valence-corrected chi connectivity index (χ3v) is 4.87. The number of fused-ring (bicyclic) bond motifs is 1. The first-order valence-electron chi connectivity index (χ1n) is 9.88. The quantitative estimate of drug-likeness (QED) is 0.537. The highest BCUT2D eigenvalue weighted by Crippen LogP contribution is 2.17. The molecule has 0 saturated heterocycles. The molecule has 4 aromatic rings. The molecule has 2 aromatic carbocycles. The summed E-state index contributed by atoms with van der Waals surface area (Å²) in [6.07, 6.45) is 3.93. The fraction of sp³-hybridized carbons (Fsp3) is 0.217. The number of carbonyl (C=O) groups is 1. The topological polar surface area (TPSA) is 81.8 Å². The Labute approximate surface area is 174 Å². The minimum Gasteiger partial charge on any atom is -0.322 e. The molecule has 4 rings (SSSR count). The van der Waals surface area contributed by atoms with Crippen molar-refractivity contribution in [3.05, 3.63) is 88.6 Å². The van der Waals surface area contributed by atoms with Crippen LogP contribution in [-0.2, 0) is 17.8 Å². The van der Waals surface area contributed by atoms with Crippen LogP contribution in [0.1, 0.15) is 31.1 Å². The van der Waals surface area contributed by atoms with Crippen LogP contribution in [0.5, 0.6) is 0 Å². The summed E-state index contributed by atoms with van der Waals surface area (Å²) in [5.74, 6) is -0.325. The van der Waals surface area contributed by atoms with E-state index in [1.54, 1.807) is 23.1 Å². The Balaban J connectivity index is 1.63. The number of nitrogens with one attached hydrogen (secondary N) is 1. The second-order valence-corrected chi connectivity index (χ2v) is 7.47. The number of benzene rings is 2. The van der Waals surface area contributed by atoms with E-state index in [0.717, 1.165) is 16.6 Å². The number of carbonyl (C=O) groups excluding carboxylic acids is 1. The highest BCUT2D eigenvalue weighted by molar-refractivity contribution is 5.90. The standard InChI is InChI=1S/C23H23N5O2/c1-16(2)27-14-18(13-24-27)25-22(29)15-28-23(30)20-11-7-6-10-19(20)21(26-28)12-17-8-4-3-5-9-17/h3-11,13-14,16H,12,15H2,1-2H3,(H,25,29). The Morgan fingerprint density at radius 2 is 1.73 bits per heavy atom. The van der Waals surface area contributed by atoms with E-state index in [-0.39, 0.29) is 24.1 Å². The van der Waals surface area contributed by atoms with Crippen LogP contribution in [-0.4, -0.2) is 25.5 Å². The molecular weight excluding hydrogens is 378 g/mol. The Bertz CT molecular complexity index is 1240. The first-order chi connectivity index (χ1) is 14.5. The molecule has 1 N–H and O–H groups in total. The molecule has 152 valence electrons. The highest BCUT2D eigenvalue weighted by Gasteiger charge is 2.14. The van der Waals surface area contributed by atoms with Gasteiger partial charge in [0.2, 0.25) is 5.91 Å². The molecular formula is C23H23N5O2. The van der Waals surface area contributed by atoms with Gasteiger partial charge < -0.3 is 5.32 Å². The molecule has 1 amide bonds. The van der Waals surface area contributed by atoms with E-state index >= 15 is 0 Å². The van der Waals surface area contributed by atoms with Crippen LogP contribution >= 0.6 is 0 Å². The second-order valence-electron chi connectivity index (χ2n) is 7.47. The lowest BCUT2D eigenvalue weighted by Crippen LogP contribution is -2.30. The summed E-state index contributed by atoms with van der Waals surface area (Å²) in [4.78, 5) is 25.5. The first kappa shape index (κ1) is 19.6. The van der Waals surface area contributed by atoms with Crippen molar-refractivity contribution in [3.63, 3.8) is 0 Å². The summed E-state index contributed by atoms with van der Waals surface area (Å²) >= 11 is 0. The molecule has 7 nitrogen and oxygen atoms in total. The third-order valence-electron chi connectivity index (χ3n) is 4.87. The Hall–Kier alpha value is -3.74. The lowest BCUT2D eigenvalue weighted by atomic mass is 10.0. The zero-order valence-electron chi connectivity index (χ0n) is 16.9.